The van der Waals surface area contributed by atoms with E-state index in [0.29, 0.717) is 5.69 Å². The second kappa shape index (κ2) is 6.14. The first-order valence-electron chi connectivity index (χ1n) is 7.12. The van der Waals surface area contributed by atoms with Crippen molar-refractivity contribution in [1.29, 1.82) is 0 Å². The van der Waals surface area contributed by atoms with Gasteiger partial charge in [-0.25, -0.2) is 13.1 Å². The largest absolute Gasteiger partial charge is 0.399 e. The zero-order chi connectivity index (χ0) is 15.6. The number of nitrogens with one attached hydrogen (secondary N) is 1. The zero-order valence-electron chi connectivity index (χ0n) is 13.1. The van der Waals surface area contributed by atoms with Gasteiger partial charge in [0.1, 0.15) is 0 Å². The zero-order valence-corrected chi connectivity index (χ0v) is 13.9. The Morgan fingerprint density at radius 1 is 1.10 bits per heavy atom. The van der Waals surface area contributed by atoms with E-state index >= 15 is 0 Å². The molecule has 0 heterocycles. The molecule has 0 aromatic heterocycles. The predicted octanol–water partition coefficient (Wildman–Crippen LogP) is 3.13. The Labute approximate surface area is 122 Å². The molecule has 0 aliphatic carbocycles. The number of benzene rings is 1. The van der Waals surface area contributed by atoms with Crippen LogP contribution in [0.3, 0.4) is 0 Å². The smallest absolute Gasteiger partial charge is 0.241 e. The lowest BCUT2D eigenvalue weighted by Gasteiger charge is -2.31. The molecular weight excluding hydrogens is 272 g/mol. The summed E-state index contributed by atoms with van der Waals surface area (Å²) in [5, 5.41) is 0. The number of nitrogens with two attached hydrogens (primary N) is 1. The standard InChI is InChI=1S/C15H26N2O2S/c1-6-15(7-2,8-3)17-20(18,19)14-10-13(16)9-11(4)12(14)5/h9-10,17H,6-8,16H2,1-5H3. The van der Waals surface area contributed by atoms with Crippen molar-refractivity contribution in [2.24, 2.45) is 0 Å². The molecule has 0 unspecified atom stereocenters. The highest BCUT2D eigenvalue weighted by molar-refractivity contribution is 7.89. The van der Waals surface area contributed by atoms with E-state index in [1.807, 2.05) is 34.6 Å². The summed E-state index contributed by atoms with van der Waals surface area (Å²) in [5.74, 6) is 0. The third-order valence-corrected chi connectivity index (χ3v) is 6.02. The highest BCUT2D eigenvalue weighted by atomic mass is 32.2. The highest BCUT2D eigenvalue weighted by Gasteiger charge is 2.31. The van der Waals surface area contributed by atoms with Gasteiger partial charge in [-0.2, -0.15) is 0 Å². The van der Waals surface area contributed by atoms with Crippen molar-refractivity contribution >= 4 is 15.7 Å². The summed E-state index contributed by atoms with van der Waals surface area (Å²) in [6.45, 7) is 9.71. The Kier molecular flexibility index (Phi) is 5.21. The molecule has 3 N–H and O–H groups in total. The molecule has 0 saturated heterocycles. The fourth-order valence-electron chi connectivity index (χ4n) is 2.44. The topological polar surface area (TPSA) is 72.2 Å². The van der Waals surface area contributed by atoms with E-state index < -0.39 is 10.0 Å². The Hall–Kier alpha value is -1.07. The average Bonchev–Trinajstić information content (AvgIpc) is 2.40. The Balaban J connectivity index is 3.31. The van der Waals surface area contributed by atoms with Crippen molar-refractivity contribution in [2.45, 2.75) is 64.3 Å². The summed E-state index contributed by atoms with van der Waals surface area (Å²) in [4.78, 5) is 0.287. The second-order valence-electron chi connectivity index (χ2n) is 5.41. The van der Waals surface area contributed by atoms with Gasteiger partial charge in [-0.1, -0.05) is 20.8 Å². The van der Waals surface area contributed by atoms with Crippen molar-refractivity contribution in [3.05, 3.63) is 23.3 Å². The minimum atomic E-state index is -3.56. The maximum atomic E-state index is 12.7. The van der Waals surface area contributed by atoms with Gasteiger partial charge >= 0.3 is 0 Å². The van der Waals surface area contributed by atoms with Crippen LogP contribution in [0.5, 0.6) is 0 Å². The molecule has 5 heteroatoms. The lowest BCUT2D eigenvalue weighted by Crippen LogP contribution is -2.47. The Morgan fingerprint density at radius 3 is 2.05 bits per heavy atom. The quantitative estimate of drug-likeness (QED) is 0.792. The van der Waals surface area contributed by atoms with E-state index in [0.717, 1.165) is 30.4 Å². The maximum absolute atomic E-state index is 12.7. The van der Waals surface area contributed by atoms with Crippen molar-refractivity contribution in [3.63, 3.8) is 0 Å². The minimum Gasteiger partial charge on any atom is -0.399 e. The van der Waals surface area contributed by atoms with E-state index in [9.17, 15) is 8.42 Å². The molecule has 0 spiro atoms. The molecule has 0 radical (unpaired) electrons. The monoisotopic (exact) mass is 298 g/mol. The van der Waals surface area contributed by atoms with Gasteiger partial charge in [-0.3, -0.25) is 0 Å². The van der Waals surface area contributed by atoms with Crippen LogP contribution in [0.2, 0.25) is 0 Å². The highest BCUT2D eigenvalue weighted by Crippen LogP contribution is 2.27. The molecule has 0 bridgehead atoms. The van der Waals surface area contributed by atoms with Crippen LogP contribution in [-0.2, 0) is 10.0 Å². The van der Waals surface area contributed by atoms with E-state index in [-0.39, 0.29) is 10.4 Å². The molecule has 114 valence electrons. The molecule has 20 heavy (non-hydrogen) atoms. The van der Waals surface area contributed by atoms with E-state index in [1.54, 1.807) is 6.07 Å². The minimum absolute atomic E-state index is 0.287. The Morgan fingerprint density at radius 2 is 1.60 bits per heavy atom. The molecule has 0 saturated carbocycles. The molecule has 4 nitrogen and oxygen atoms in total. The van der Waals surface area contributed by atoms with Crippen LogP contribution in [0, 0.1) is 13.8 Å². The van der Waals surface area contributed by atoms with E-state index in [1.165, 1.54) is 6.07 Å². The first kappa shape index (κ1) is 17.0. The molecule has 0 amide bonds. The van der Waals surface area contributed by atoms with Gasteiger partial charge in [0.05, 0.1) is 4.90 Å². The van der Waals surface area contributed by atoms with E-state index in [4.69, 9.17) is 5.73 Å². The number of nitrogen functional groups attached to an aromatic ring is 1. The molecule has 1 aromatic carbocycles. The lowest BCUT2D eigenvalue weighted by atomic mass is 9.91. The van der Waals surface area contributed by atoms with Crippen LogP contribution in [0.1, 0.15) is 51.2 Å². The van der Waals surface area contributed by atoms with Crippen molar-refractivity contribution in [2.75, 3.05) is 5.73 Å². The van der Waals surface area contributed by atoms with Crippen LogP contribution in [0.4, 0.5) is 5.69 Å². The lowest BCUT2D eigenvalue weighted by molar-refractivity contribution is 0.341. The van der Waals surface area contributed by atoms with Gasteiger partial charge in [-0.05, 0) is 56.4 Å². The fraction of sp³-hybridized carbons (Fsp3) is 0.600. The van der Waals surface area contributed by atoms with Crippen LogP contribution < -0.4 is 10.5 Å². The second-order valence-corrected chi connectivity index (χ2v) is 7.06. The van der Waals surface area contributed by atoms with Gasteiger partial charge in [0.2, 0.25) is 10.0 Å². The van der Waals surface area contributed by atoms with Gasteiger partial charge in [0.15, 0.2) is 0 Å². The summed E-state index contributed by atoms with van der Waals surface area (Å²) < 4.78 is 28.3. The average molecular weight is 298 g/mol. The summed E-state index contributed by atoms with van der Waals surface area (Å²) in [6.07, 6.45) is 2.29. The third-order valence-electron chi connectivity index (χ3n) is 4.31. The summed E-state index contributed by atoms with van der Waals surface area (Å²) in [5.41, 5.74) is 7.53. The van der Waals surface area contributed by atoms with Crippen LogP contribution in [-0.4, -0.2) is 14.0 Å². The number of anilines is 1. The summed E-state index contributed by atoms with van der Waals surface area (Å²) in [6, 6.07) is 3.33. The van der Waals surface area contributed by atoms with Crippen molar-refractivity contribution < 1.29 is 8.42 Å². The van der Waals surface area contributed by atoms with Crippen LogP contribution >= 0.6 is 0 Å². The van der Waals surface area contributed by atoms with Gasteiger partial charge < -0.3 is 5.73 Å². The number of sulfonamides is 1. The number of aryl methyl sites for hydroxylation is 1. The SMILES string of the molecule is CCC(CC)(CC)NS(=O)(=O)c1cc(N)cc(C)c1C. The van der Waals surface area contributed by atoms with Gasteiger partial charge in [-0.15, -0.1) is 0 Å². The number of hydrogen-bond donors (Lipinski definition) is 2. The third kappa shape index (κ3) is 3.33. The fourth-order valence-corrected chi connectivity index (χ4v) is 4.41. The summed E-state index contributed by atoms with van der Waals surface area (Å²) in [7, 11) is -3.56. The number of hydrogen-bond acceptors (Lipinski definition) is 3. The predicted molar refractivity (Wildman–Crippen MR) is 84.3 cm³/mol. The van der Waals surface area contributed by atoms with Crippen LogP contribution in [0.25, 0.3) is 0 Å². The normalized spacial score (nSPS) is 12.7. The maximum Gasteiger partial charge on any atom is 0.241 e. The van der Waals surface area contributed by atoms with Gasteiger partial charge in [0.25, 0.3) is 0 Å². The molecule has 0 aliphatic heterocycles. The van der Waals surface area contributed by atoms with E-state index in [2.05, 4.69) is 4.72 Å². The molecule has 0 aliphatic rings. The van der Waals surface area contributed by atoms with Crippen molar-refractivity contribution in [1.82, 2.24) is 4.72 Å². The molecule has 1 aromatic rings. The van der Waals surface area contributed by atoms with Crippen LogP contribution in [0.15, 0.2) is 17.0 Å². The first-order valence-corrected chi connectivity index (χ1v) is 8.60. The number of rotatable bonds is 6. The van der Waals surface area contributed by atoms with Gasteiger partial charge in [0, 0.05) is 11.2 Å². The summed E-state index contributed by atoms with van der Waals surface area (Å²) >= 11 is 0. The van der Waals surface area contributed by atoms with Crippen molar-refractivity contribution in [3.8, 4) is 0 Å². The Bertz CT molecular complexity index is 568. The molecular formula is C15H26N2O2S. The molecule has 0 atom stereocenters. The molecule has 0 fully saturated rings. The first-order chi connectivity index (χ1) is 9.21. The molecule has 1 rings (SSSR count).